The molecule has 13 heteroatoms. The Labute approximate surface area is 213 Å². The van der Waals surface area contributed by atoms with Crippen molar-refractivity contribution in [1.29, 1.82) is 0 Å². The van der Waals surface area contributed by atoms with Crippen LogP contribution in [0.4, 0.5) is 26.1 Å². The largest absolute Gasteiger partial charge is 0.490 e. The van der Waals surface area contributed by atoms with Gasteiger partial charge in [0, 0.05) is 57.4 Å². The average Bonchev–Trinajstić information content (AvgIpc) is 3.33. The highest BCUT2D eigenvalue weighted by molar-refractivity contribution is 5.88. The Hall–Kier alpha value is -3.71. The monoisotopic (exact) mass is 516 g/mol. The number of carbonyl (C=O) groups excluding carboxylic acids is 1. The van der Waals surface area contributed by atoms with Gasteiger partial charge in [-0.3, -0.25) is 14.4 Å². The van der Waals surface area contributed by atoms with Crippen LogP contribution in [0.3, 0.4) is 0 Å². The van der Waals surface area contributed by atoms with E-state index in [1.165, 1.54) is 13.1 Å². The molecule has 0 atom stereocenters. The molecule has 1 saturated heterocycles. The summed E-state index contributed by atoms with van der Waals surface area (Å²) < 4.78 is 41.4. The molecule has 3 aromatic rings. The zero-order chi connectivity index (χ0) is 26.4. The SMILES string of the molecule is CCOc1cnc(NC(C)=O)cc1Nc1cc(-c2cnn(CCN3CCOCC3)c2)nc(C(C)(F)F)n1. The molecule has 0 unspecified atom stereocenters. The van der Waals surface area contributed by atoms with Crippen LogP contribution in [0.1, 0.15) is 26.6 Å². The first-order chi connectivity index (χ1) is 17.7. The first kappa shape index (κ1) is 26.4. The Balaban J connectivity index is 1.61. The molecular formula is C24H30F2N8O3. The van der Waals surface area contributed by atoms with Gasteiger partial charge in [0.25, 0.3) is 0 Å². The van der Waals surface area contributed by atoms with Gasteiger partial charge in [0.05, 0.1) is 50.1 Å². The van der Waals surface area contributed by atoms with Crippen molar-refractivity contribution in [3.8, 4) is 17.0 Å². The minimum Gasteiger partial charge on any atom is -0.490 e. The summed E-state index contributed by atoms with van der Waals surface area (Å²) in [6.07, 6.45) is 4.81. The number of amides is 1. The second-order valence-electron chi connectivity index (χ2n) is 8.60. The molecule has 1 aliphatic rings. The normalized spacial score (nSPS) is 14.4. The van der Waals surface area contributed by atoms with Crippen LogP contribution in [0.2, 0.25) is 0 Å². The van der Waals surface area contributed by atoms with Crippen LogP contribution in [-0.2, 0) is 22.0 Å². The number of anilines is 3. The summed E-state index contributed by atoms with van der Waals surface area (Å²) in [5, 5.41) is 10.00. The second-order valence-corrected chi connectivity index (χ2v) is 8.60. The number of rotatable bonds is 10. The Morgan fingerprint density at radius 2 is 1.95 bits per heavy atom. The molecule has 0 spiro atoms. The molecule has 0 aromatic carbocycles. The van der Waals surface area contributed by atoms with Gasteiger partial charge in [-0.1, -0.05) is 0 Å². The summed E-state index contributed by atoms with van der Waals surface area (Å²) >= 11 is 0. The van der Waals surface area contributed by atoms with Crippen molar-refractivity contribution in [2.45, 2.75) is 33.2 Å². The van der Waals surface area contributed by atoms with Crippen LogP contribution < -0.4 is 15.4 Å². The van der Waals surface area contributed by atoms with E-state index in [1.807, 2.05) is 0 Å². The molecule has 3 aromatic heterocycles. The highest BCUT2D eigenvalue weighted by Gasteiger charge is 2.30. The molecule has 2 N–H and O–H groups in total. The predicted octanol–water partition coefficient (Wildman–Crippen LogP) is 3.28. The number of hydrogen-bond donors (Lipinski definition) is 2. The number of nitrogens with one attached hydrogen (secondary N) is 2. The third-order valence-electron chi connectivity index (χ3n) is 5.53. The van der Waals surface area contributed by atoms with Gasteiger partial charge in [0.2, 0.25) is 11.7 Å². The molecule has 4 heterocycles. The molecule has 0 saturated carbocycles. The fourth-order valence-corrected chi connectivity index (χ4v) is 3.74. The molecule has 1 fully saturated rings. The molecular weight excluding hydrogens is 486 g/mol. The number of nitrogens with zero attached hydrogens (tertiary/aromatic N) is 6. The van der Waals surface area contributed by atoms with Crippen molar-refractivity contribution in [1.82, 2.24) is 29.6 Å². The van der Waals surface area contributed by atoms with E-state index >= 15 is 0 Å². The number of hydrogen-bond acceptors (Lipinski definition) is 9. The Kier molecular flexibility index (Phi) is 8.24. The summed E-state index contributed by atoms with van der Waals surface area (Å²) in [4.78, 5) is 26.0. The van der Waals surface area contributed by atoms with Crippen molar-refractivity contribution >= 4 is 23.2 Å². The first-order valence-electron chi connectivity index (χ1n) is 12.0. The lowest BCUT2D eigenvalue weighted by molar-refractivity contribution is -0.114. The van der Waals surface area contributed by atoms with Crippen molar-refractivity contribution in [3.05, 3.63) is 36.5 Å². The molecule has 0 radical (unpaired) electrons. The van der Waals surface area contributed by atoms with Gasteiger partial charge >= 0.3 is 5.92 Å². The van der Waals surface area contributed by atoms with Crippen LogP contribution in [0.25, 0.3) is 11.3 Å². The fraction of sp³-hybridized carbons (Fsp3) is 0.458. The topological polar surface area (TPSA) is 119 Å². The number of morpholine rings is 1. The smallest absolute Gasteiger partial charge is 0.303 e. The molecule has 1 amide bonds. The summed E-state index contributed by atoms with van der Waals surface area (Å²) in [6.45, 7) is 8.87. The van der Waals surface area contributed by atoms with E-state index < -0.39 is 11.7 Å². The van der Waals surface area contributed by atoms with Crippen molar-refractivity contribution in [3.63, 3.8) is 0 Å². The number of alkyl halides is 2. The van der Waals surface area contributed by atoms with Crippen molar-refractivity contribution < 1.29 is 23.0 Å². The molecule has 198 valence electrons. The van der Waals surface area contributed by atoms with E-state index in [1.54, 1.807) is 36.1 Å². The van der Waals surface area contributed by atoms with Crippen LogP contribution >= 0.6 is 0 Å². The maximum atomic E-state index is 14.3. The molecule has 1 aliphatic heterocycles. The van der Waals surface area contributed by atoms with Crippen LogP contribution in [-0.4, -0.2) is 75.0 Å². The maximum Gasteiger partial charge on any atom is 0.303 e. The zero-order valence-electron chi connectivity index (χ0n) is 21.0. The van der Waals surface area contributed by atoms with Crippen molar-refractivity contribution in [2.75, 3.05) is 50.1 Å². The Bertz CT molecular complexity index is 1220. The minimum absolute atomic E-state index is 0.128. The Morgan fingerprint density at radius 1 is 1.16 bits per heavy atom. The van der Waals surface area contributed by atoms with Crippen molar-refractivity contribution in [2.24, 2.45) is 0 Å². The van der Waals surface area contributed by atoms with E-state index in [0.29, 0.717) is 49.1 Å². The third kappa shape index (κ3) is 7.17. The highest BCUT2D eigenvalue weighted by atomic mass is 19.3. The quantitative estimate of drug-likeness (QED) is 0.418. The zero-order valence-corrected chi connectivity index (χ0v) is 21.0. The van der Waals surface area contributed by atoms with Gasteiger partial charge in [-0.25, -0.2) is 15.0 Å². The summed E-state index contributed by atoms with van der Waals surface area (Å²) in [5.41, 5.74) is 1.27. The molecule has 0 aliphatic carbocycles. The number of ether oxygens (including phenoxy) is 2. The summed E-state index contributed by atoms with van der Waals surface area (Å²) in [5.74, 6) is -3.44. The summed E-state index contributed by atoms with van der Waals surface area (Å²) in [6, 6.07) is 3.11. The standard InChI is InChI=1S/C24H30F2N8O3/c1-4-37-20-14-27-21(29-16(2)35)12-19(20)30-22-11-18(31-23(32-22)24(3,25)26)17-13-28-34(15-17)6-5-33-7-9-36-10-8-33/h11-15H,4-10H2,1-3H3,(H2,27,29,30,31,32,35). The number of pyridine rings is 1. The van der Waals surface area contributed by atoms with Crippen LogP contribution in [0.5, 0.6) is 5.75 Å². The van der Waals surface area contributed by atoms with E-state index in [-0.39, 0.29) is 17.5 Å². The lowest BCUT2D eigenvalue weighted by atomic mass is 10.2. The number of carbonyl (C=O) groups is 1. The van der Waals surface area contributed by atoms with E-state index in [0.717, 1.165) is 26.6 Å². The van der Waals surface area contributed by atoms with Gasteiger partial charge < -0.3 is 20.1 Å². The van der Waals surface area contributed by atoms with Gasteiger partial charge in [-0.05, 0) is 6.92 Å². The van der Waals surface area contributed by atoms with Gasteiger partial charge in [-0.2, -0.15) is 13.9 Å². The average molecular weight is 517 g/mol. The lowest BCUT2D eigenvalue weighted by Gasteiger charge is -2.26. The molecule has 0 bridgehead atoms. The van der Waals surface area contributed by atoms with Gasteiger partial charge in [-0.15, -0.1) is 0 Å². The van der Waals surface area contributed by atoms with E-state index in [9.17, 15) is 13.6 Å². The molecule has 4 rings (SSSR count). The predicted molar refractivity (Wildman–Crippen MR) is 133 cm³/mol. The fourth-order valence-electron chi connectivity index (χ4n) is 3.74. The highest BCUT2D eigenvalue weighted by Crippen LogP contribution is 2.32. The maximum absolute atomic E-state index is 14.3. The van der Waals surface area contributed by atoms with E-state index in [4.69, 9.17) is 9.47 Å². The van der Waals surface area contributed by atoms with Crippen LogP contribution in [0.15, 0.2) is 30.7 Å². The summed E-state index contributed by atoms with van der Waals surface area (Å²) in [7, 11) is 0. The Morgan fingerprint density at radius 3 is 2.65 bits per heavy atom. The minimum atomic E-state index is -3.28. The molecule has 37 heavy (non-hydrogen) atoms. The molecule has 11 nitrogen and oxygen atoms in total. The second kappa shape index (κ2) is 11.6. The first-order valence-corrected chi connectivity index (χ1v) is 12.0. The van der Waals surface area contributed by atoms with Gasteiger partial charge in [0.15, 0.2) is 5.75 Å². The van der Waals surface area contributed by atoms with Gasteiger partial charge in [0.1, 0.15) is 11.6 Å². The van der Waals surface area contributed by atoms with E-state index in [2.05, 4.69) is 35.6 Å². The third-order valence-corrected chi connectivity index (χ3v) is 5.53. The number of halogens is 2. The van der Waals surface area contributed by atoms with Crippen LogP contribution in [0, 0.1) is 0 Å². The number of aromatic nitrogens is 5. The lowest BCUT2D eigenvalue weighted by Crippen LogP contribution is -2.38.